The first-order valence-electron chi connectivity index (χ1n) is 6.38. The summed E-state index contributed by atoms with van der Waals surface area (Å²) in [4.78, 5) is 0. The van der Waals surface area contributed by atoms with E-state index in [4.69, 9.17) is 0 Å². The van der Waals surface area contributed by atoms with Gasteiger partial charge in [-0.1, -0.05) is 30.3 Å². The van der Waals surface area contributed by atoms with Gasteiger partial charge in [0.1, 0.15) is 5.75 Å². The average Bonchev–Trinajstić information content (AvgIpc) is 2.39. The van der Waals surface area contributed by atoms with Crippen LogP contribution in [-0.4, -0.2) is 11.7 Å². The molecule has 2 N–H and O–H groups in total. The first-order valence-corrected chi connectivity index (χ1v) is 6.38. The Morgan fingerprint density at radius 1 is 1.06 bits per heavy atom. The van der Waals surface area contributed by atoms with Crippen molar-refractivity contribution in [3.63, 3.8) is 0 Å². The number of unbranched alkanes of at least 4 members (excludes halogenated alkanes) is 2. The largest absolute Gasteiger partial charge is 0.507 e. The van der Waals surface area contributed by atoms with Crippen LogP contribution in [0, 0.1) is 0 Å². The number of aromatic hydroxyl groups is 1. The second kappa shape index (κ2) is 6.10. The maximum absolute atomic E-state index is 9.80. The third kappa shape index (κ3) is 2.83. The Kier molecular flexibility index (Phi) is 4.24. The molecule has 0 heterocycles. The Morgan fingerprint density at radius 2 is 1.83 bits per heavy atom. The van der Waals surface area contributed by atoms with E-state index in [2.05, 4.69) is 18.0 Å². The molecule has 0 spiro atoms. The van der Waals surface area contributed by atoms with Crippen LogP contribution in [-0.2, 0) is 0 Å². The number of hydrogen-bond donors (Lipinski definition) is 2. The first kappa shape index (κ1) is 12.5. The van der Waals surface area contributed by atoms with Crippen LogP contribution in [0.25, 0.3) is 10.8 Å². The minimum Gasteiger partial charge on any atom is -0.507 e. The number of nitrogens with one attached hydrogen (secondary N) is 1. The van der Waals surface area contributed by atoms with Crippen LogP contribution in [0.4, 0.5) is 5.69 Å². The monoisotopic (exact) mass is 241 g/mol. The van der Waals surface area contributed by atoms with Crippen LogP contribution in [0.1, 0.15) is 19.3 Å². The number of benzene rings is 2. The molecule has 0 aromatic heterocycles. The molecule has 94 valence electrons. The molecule has 0 fully saturated rings. The Bertz CT molecular complexity index is 534. The summed E-state index contributed by atoms with van der Waals surface area (Å²) in [5, 5.41) is 15.2. The van der Waals surface area contributed by atoms with Gasteiger partial charge in [0.2, 0.25) is 0 Å². The molecule has 0 aliphatic carbocycles. The van der Waals surface area contributed by atoms with Gasteiger partial charge in [-0.15, -0.1) is 6.58 Å². The predicted octanol–water partition coefficient (Wildman–Crippen LogP) is 4.31. The lowest BCUT2D eigenvalue weighted by Crippen LogP contribution is -2.01. The van der Waals surface area contributed by atoms with E-state index >= 15 is 0 Å². The van der Waals surface area contributed by atoms with E-state index in [-0.39, 0.29) is 0 Å². The summed E-state index contributed by atoms with van der Waals surface area (Å²) in [5.41, 5.74) is 1.09. The van der Waals surface area contributed by atoms with Gasteiger partial charge >= 0.3 is 0 Å². The molecular weight excluding hydrogens is 222 g/mol. The second-order valence-electron chi connectivity index (χ2n) is 4.39. The lowest BCUT2D eigenvalue weighted by molar-refractivity contribution is 0.481. The van der Waals surface area contributed by atoms with Crippen LogP contribution >= 0.6 is 0 Å². The van der Waals surface area contributed by atoms with Crippen molar-refractivity contribution in [3.05, 3.63) is 49.1 Å². The van der Waals surface area contributed by atoms with Crippen LogP contribution in [0.5, 0.6) is 5.75 Å². The highest BCUT2D eigenvalue weighted by molar-refractivity contribution is 5.97. The van der Waals surface area contributed by atoms with E-state index in [9.17, 15) is 5.11 Å². The minimum absolute atomic E-state index is 0.336. The number of phenols is 1. The first-order chi connectivity index (χ1) is 8.83. The Labute approximate surface area is 108 Å². The molecule has 0 unspecified atom stereocenters. The Balaban J connectivity index is 2.09. The molecule has 2 heteroatoms. The number of allylic oxidation sites excluding steroid dienone is 1. The summed E-state index contributed by atoms with van der Waals surface area (Å²) in [7, 11) is 0. The number of fused-ring (bicyclic) bond motifs is 1. The van der Waals surface area contributed by atoms with Crippen molar-refractivity contribution in [2.45, 2.75) is 19.3 Å². The maximum Gasteiger partial charge on any atom is 0.123 e. The van der Waals surface area contributed by atoms with E-state index in [1.165, 1.54) is 0 Å². The third-order valence-corrected chi connectivity index (χ3v) is 3.05. The highest BCUT2D eigenvalue weighted by Gasteiger charge is 2.02. The van der Waals surface area contributed by atoms with Crippen LogP contribution < -0.4 is 5.32 Å². The topological polar surface area (TPSA) is 32.3 Å². The fourth-order valence-corrected chi connectivity index (χ4v) is 2.08. The highest BCUT2D eigenvalue weighted by Crippen LogP contribution is 2.29. The van der Waals surface area contributed by atoms with Crippen molar-refractivity contribution in [2.75, 3.05) is 11.9 Å². The molecule has 0 bridgehead atoms. The van der Waals surface area contributed by atoms with Crippen LogP contribution in [0.15, 0.2) is 49.1 Å². The van der Waals surface area contributed by atoms with Gasteiger partial charge in [0, 0.05) is 23.0 Å². The smallest absolute Gasteiger partial charge is 0.123 e. The number of anilines is 1. The summed E-state index contributed by atoms with van der Waals surface area (Å²) in [6, 6.07) is 11.6. The van der Waals surface area contributed by atoms with Crippen molar-refractivity contribution in [3.8, 4) is 5.75 Å². The molecule has 0 saturated carbocycles. The minimum atomic E-state index is 0.336. The Hall–Kier alpha value is -1.96. The molecule has 0 radical (unpaired) electrons. The number of phenolic OH excluding ortho intramolecular Hbond substituents is 1. The molecule has 18 heavy (non-hydrogen) atoms. The molecule has 0 amide bonds. The molecular formula is C16H19NO. The standard InChI is InChI=1S/C16H19NO/c1-2-3-4-5-12-17-15-10-6-9-14-13(15)8-7-11-16(14)18/h2,6-11,17-18H,1,3-5,12H2. The normalized spacial score (nSPS) is 10.4. The van der Waals surface area contributed by atoms with Gasteiger partial charge in [0.25, 0.3) is 0 Å². The van der Waals surface area contributed by atoms with Crippen molar-refractivity contribution < 1.29 is 5.11 Å². The predicted molar refractivity (Wildman–Crippen MR) is 78.2 cm³/mol. The molecule has 0 atom stereocenters. The van der Waals surface area contributed by atoms with Gasteiger partial charge in [0.15, 0.2) is 0 Å². The summed E-state index contributed by atoms with van der Waals surface area (Å²) in [6.45, 7) is 4.67. The molecule has 0 aliphatic heterocycles. The third-order valence-electron chi connectivity index (χ3n) is 3.05. The van der Waals surface area contributed by atoms with E-state index < -0.39 is 0 Å². The quantitative estimate of drug-likeness (QED) is 0.583. The molecule has 0 aliphatic rings. The second-order valence-corrected chi connectivity index (χ2v) is 4.39. The van der Waals surface area contributed by atoms with Gasteiger partial charge in [-0.2, -0.15) is 0 Å². The van der Waals surface area contributed by atoms with Gasteiger partial charge in [-0.3, -0.25) is 0 Å². The van der Waals surface area contributed by atoms with Gasteiger partial charge in [0.05, 0.1) is 0 Å². The lowest BCUT2D eigenvalue weighted by atomic mass is 10.1. The molecule has 2 nitrogen and oxygen atoms in total. The van der Waals surface area contributed by atoms with Gasteiger partial charge < -0.3 is 10.4 Å². The summed E-state index contributed by atoms with van der Waals surface area (Å²) in [6.07, 6.45) is 5.31. The van der Waals surface area contributed by atoms with Crippen molar-refractivity contribution in [2.24, 2.45) is 0 Å². The molecule has 0 saturated heterocycles. The zero-order valence-electron chi connectivity index (χ0n) is 10.5. The zero-order chi connectivity index (χ0) is 12.8. The van der Waals surface area contributed by atoms with E-state index in [1.54, 1.807) is 6.07 Å². The summed E-state index contributed by atoms with van der Waals surface area (Å²) < 4.78 is 0. The molecule has 2 aromatic rings. The van der Waals surface area contributed by atoms with E-state index in [1.807, 2.05) is 30.3 Å². The average molecular weight is 241 g/mol. The maximum atomic E-state index is 9.80. The summed E-state index contributed by atoms with van der Waals surface area (Å²) >= 11 is 0. The Morgan fingerprint density at radius 3 is 2.67 bits per heavy atom. The van der Waals surface area contributed by atoms with E-state index in [0.29, 0.717) is 5.75 Å². The number of hydrogen-bond acceptors (Lipinski definition) is 2. The zero-order valence-corrected chi connectivity index (χ0v) is 10.5. The van der Waals surface area contributed by atoms with Gasteiger partial charge in [-0.05, 0) is 31.4 Å². The van der Waals surface area contributed by atoms with Gasteiger partial charge in [-0.25, -0.2) is 0 Å². The lowest BCUT2D eigenvalue weighted by Gasteiger charge is -2.10. The van der Waals surface area contributed by atoms with Crippen LogP contribution in [0.2, 0.25) is 0 Å². The molecule has 2 aromatic carbocycles. The van der Waals surface area contributed by atoms with Crippen molar-refractivity contribution in [1.82, 2.24) is 0 Å². The summed E-state index contributed by atoms with van der Waals surface area (Å²) in [5.74, 6) is 0.336. The fourth-order valence-electron chi connectivity index (χ4n) is 2.08. The van der Waals surface area contributed by atoms with Crippen LogP contribution in [0.3, 0.4) is 0 Å². The number of rotatable bonds is 6. The fraction of sp³-hybridized carbons (Fsp3) is 0.250. The SMILES string of the molecule is C=CCCCCNc1cccc2c(O)cccc12. The van der Waals surface area contributed by atoms with Crippen molar-refractivity contribution >= 4 is 16.5 Å². The van der Waals surface area contributed by atoms with Crippen molar-refractivity contribution in [1.29, 1.82) is 0 Å². The highest BCUT2D eigenvalue weighted by atomic mass is 16.3. The van der Waals surface area contributed by atoms with E-state index in [0.717, 1.165) is 42.3 Å². The molecule has 2 rings (SSSR count).